The van der Waals surface area contributed by atoms with Crippen LogP contribution in [0.5, 0.6) is 5.75 Å². The second kappa shape index (κ2) is 11.2. The minimum atomic E-state index is -1.09. The first-order chi connectivity index (χ1) is 17.0. The van der Waals surface area contributed by atoms with E-state index >= 15 is 0 Å². The molecule has 0 saturated heterocycles. The molecular formula is C26H31N5O4S. The van der Waals surface area contributed by atoms with Crippen LogP contribution in [0.1, 0.15) is 63.2 Å². The lowest BCUT2D eigenvalue weighted by atomic mass is 10.00. The van der Waals surface area contributed by atoms with E-state index in [9.17, 15) is 19.5 Å². The number of phenols is 1. The third-order valence-corrected chi connectivity index (χ3v) is 6.57. The van der Waals surface area contributed by atoms with Crippen molar-refractivity contribution in [3.8, 4) is 5.75 Å². The van der Waals surface area contributed by atoms with Crippen molar-refractivity contribution in [3.63, 3.8) is 0 Å². The summed E-state index contributed by atoms with van der Waals surface area (Å²) in [6.45, 7) is 8.31. The first-order valence-corrected chi connectivity index (χ1v) is 12.3. The molecule has 0 fully saturated rings. The number of aromatic nitrogens is 1. The standard InChI is InChI=1S/C26H31N5O4S/c1-14(2)11-12-29-25(34)22(17-6-8-18(32)9-7-17)31(19-10-5-15(3)13-16(19)4)26(35)23-20(27)21(24(28)33)30-36-23/h5-10,13-14,22,32H,11-12,27H2,1-4H3,(H2,28,33)(H,29,34)/t22-/m1/s1. The van der Waals surface area contributed by atoms with Gasteiger partial charge in [-0.25, -0.2) is 0 Å². The van der Waals surface area contributed by atoms with Gasteiger partial charge in [0.25, 0.3) is 11.8 Å². The van der Waals surface area contributed by atoms with Gasteiger partial charge in [-0.15, -0.1) is 0 Å². The molecule has 0 spiro atoms. The average Bonchev–Trinajstić information content (AvgIpc) is 3.19. The molecule has 3 aromatic rings. The summed E-state index contributed by atoms with van der Waals surface area (Å²) >= 11 is 0.754. The van der Waals surface area contributed by atoms with Gasteiger partial charge in [0.05, 0.1) is 5.69 Å². The number of hydrogen-bond donors (Lipinski definition) is 4. The van der Waals surface area contributed by atoms with Crippen molar-refractivity contribution in [3.05, 3.63) is 69.7 Å². The number of anilines is 2. The number of benzene rings is 2. The van der Waals surface area contributed by atoms with Crippen LogP contribution in [-0.4, -0.2) is 33.7 Å². The predicted molar refractivity (Wildman–Crippen MR) is 141 cm³/mol. The fourth-order valence-electron chi connectivity index (χ4n) is 3.83. The van der Waals surface area contributed by atoms with Crippen molar-refractivity contribution >= 4 is 40.6 Å². The van der Waals surface area contributed by atoms with Gasteiger partial charge in [0.15, 0.2) is 5.69 Å². The number of aromatic hydroxyl groups is 1. The zero-order valence-corrected chi connectivity index (χ0v) is 21.6. The van der Waals surface area contributed by atoms with E-state index in [1.807, 2.05) is 26.0 Å². The van der Waals surface area contributed by atoms with E-state index in [0.29, 0.717) is 23.7 Å². The molecule has 3 amide bonds. The van der Waals surface area contributed by atoms with Gasteiger partial charge in [-0.1, -0.05) is 43.7 Å². The molecule has 0 aliphatic carbocycles. The highest BCUT2D eigenvalue weighted by atomic mass is 32.1. The van der Waals surface area contributed by atoms with E-state index in [0.717, 1.165) is 29.1 Å². The number of hydrogen-bond acceptors (Lipinski definition) is 7. The Morgan fingerprint density at radius 1 is 1.11 bits per heavy atom. The lowest BCUT2D eigenvalue weighted by molar-refractivity contribution is -0.122. The second-order valence-electron chi connectivity index (χ2n) is 9.07. The molecule has 1 aromatic heterocycles. The lowest BCUT2D eigenvalue weighted by Gasteiger charge is -2.32. The zero-order chi connectivity index (χ0) is 26.6. The first-order valence-electron chi connectivity index (χ1n) is 11.5. The van der Waals surface area contributed by atoms with Crippen LogP contribution < -0.4 is 21.7 Å². The highest BCUT2D eigenvalue weighted by molar-refractivity contribution is 7.09. The van der Waals surface area contributed by atoms with Crippen molar-refractivity contribution < 1.29 is 19.5 Å². The molecule has 3 rings (SSSR count). The third-order valence-electron chi connectivity index (χ3n) is 5.72. The highest BCUT2D eigenvalue weighted by Crippen LogP contribution is 2.35. The number of carbonyl (C=O) groups is 3. The SMILES string of the molecule is Cc1ccc(N(C(=O)c2snc(C(N)=O)c2N)[C@@H](C(=O)NCCC(C)C)c2ccc(O)cc2)c(C)c1. The summed E-state index contributed by atoms with van der Waals surface area (Å²) in [5, 5.41) is 12.8. The van der Waals surface area contributed by atoms with Gasteiger partial charge in [0.2, 0.25) is 5.91 Å². The molecule has 2 aromatic carbocycles. The maximum Gasteiger partial charge on any atom is 0.273 e. The van der Waals surface area contributed by atoms with Crippen LogP contribution in [0.4, 0.5) is 11.4 Å². The Labute approximate surface area is 214 Å². The van der Waals surface area contributed by atoms with Crippen LogP contribution >= 0.6 is 11.5 Å². The topological polar surface area (TPSA) is 152 Å². The Bertz CT molecular complexity index is 1270. The molecule has 1 atom stereocenters. The lowest BCUT2D eigenvalue weighted by Crippen LogP contribution is -2.44. The first kappa shape index (κ1) is 26.7. The molecule has 0 bridgehead atoms. The smallest absolute Gasteiger partial charge is 0.273 e. The summed E-state index contributed by atoms with van der Waals surface area (Å²) in [6, 6.07) is 10.5. The van der Waals surface area contributed by atoms with E-state index in [1.165, 1.54) is 17.0 Å². The third kappa shape index (κ3) is 5.83. The molecule has 0 radical (unpaired) electrons. The van der Waals surface area contributed by atoms with Crippen molar-refractivity contribution in [2.75, 3.05) is 17.2 Å². The fraction of sp³-hybridized carbons (Fsp3) is 0.308. The number of nitrogens with zero attached hydrogens (tertiary/aromatic N) is 2. The van der Waals surface area contributed by atoms with E-state index in [2.05, 4.69) is 23.5 Å². The monoisotopic (exact) mass is 509 g/mol. The number of nitrogens with two attached hydrogens (primary N) is 2. The zero-order valence-electron chi connectivity index (χ0n) is 20.7. The molecular weight excluding hydrogens is 478 g/mol. The van der Waals surface area contributed by atoms with Crippen LogP contribution in [0, 0.1) is 19.8 Å². The van der Waals surface area contributed by atoms with Crippen LogP contribution in [-0.2, 0) is 4.79 Å². The number of nitrogen functional groups attached to an aromatic ring is 1. The van der Waals surface area contributed by atoms with Crippen LogP contribution in [0.2, 0.25) is 0 Å². The van der Waals surface area contributed by atoms with Crippen molar-refractivity contribution in [2.24, 2.45) is 11.7 Å². The Morgan fingerprint density at radius 2 is 1.78 bits per heavy atom. The Morgan fingerprint density at radius 3 is 2.33 bits per heavy atom. The predicted octanol–water partition coefficient (Wildman–Crippen LogP) is 3.70. The van der Waals surface area contributed by atoms with Crippen LogP contribution in [0.25, 0.3) is 0 Å². The molecule has 6 N–H and O–H groups in total. The molecule has 36 heavy (non-hydrogen) atoms. The van der Waals surface area contributed by atoms with Gasteiger partial charge in [-0.3, -0.25) is 19.3 Å². The summed E-state index contributed by atoms with van der Waals surface area (Å²) in [5.74, 6) is -1.43. The summed E-state index contributed by atoms with van der Waals surface area (Å²) in [7, 11) is 0. The molecule has 0 aliphatic rings. The summed E-state index contributed by atoms with van der Waals surface area (Å²) in [4.78, 5) is 40.8. The number of aryl methyl sites for hydroxylation is 2. The Balaban J connectivity index is 2.19. The normalized spacial score (nSPS) is 11.8. The van der Waals surface area contributed by atoms with Gasteiger partial charge in [0.1, 0.15) is 16.7 Å². The van der Waals surface area contributed by atoms with E-state index in [-0.39, 0.29) is 22.0 Å². The highest BCUT2D eigenvalue weighted by Gasteiger charge is 2.36. The van der Waals surface area contributed by atoms with Crippen LogP contribution in [0.15, 0.2) is 42.5 Å². The van der Waals surface area contributed by atoms with Gasteiger partial charge in [0, 0.05) is 12.2 Å². The summed E-state index contributed by atoms with van der Waals surface area (Å²) < 4.78 is 3.97. The van der Waals surface area contributed by atoms with Gasteiger partial charge >= 0.3 is 0 Å². The molecule has 9 nitrogen and oxygen atoms in total. The summed E-state index contributed by atoms with van der Waals surface area (Å²) in [6.07, 6.45) is 0.759. The van der Waals surface area contributed by atoms with Gasteiger partial charge in [-0.05, 0) is 67.0 Å². The summed E-state index contributed by atoms with van der Waals surface area (Å²) in [5.41, 5.74) is 13.9. The molecule has 0 saturated carbocycles. The van der Waals surface area contributed by atoms with E-state index in [4.69, 9.17) is 11.5 Å². The van der Waals surface area contributed by atoms with Crippen LogP contribution in [0.3, 0.4) is 0 Å². The fourth-order valence-corrected chi connectivity index (χ4v) is 4.58. The molecule has 190 valence electrons. The number of nitrogens with one attached hydrogen (secondary N) is 1. The maximum atomic E-state index is 14.0. The molecule has 0 aliphatic heterocycles. The second-order valence-corrected chi connectivity index (χ2v) is 9.84. The van der Waals surface area contributed by atoms with Gasteiger partial charge in [-0.2, -0.15) is 4.37 Å². The number of phenolic OH excluding ortho intramolecular Hbond substituents is 1. The largest absolute Gasteiger partial charge is 0.508 e. The number of rotatable bonds is 9. The minimum absolute atomic E-state index is 0.00235. The van der Waals surface area contributed by atoms with Crippen molar-refractivity contribution in [2.45, 2.75) is 40.2 Å². The minimum Gasteiger partial charge on any atom is -0.508 e. The molecule has 1 heterocycles. The van der Waals surface area contributed by atoms with E-state index in [1.54, 1.807) is 18.2 Å². The maximum absolute atomic E-state index is 14.0. The molecule has 10 heteroatoms. The molecule has 0 unspecified atom stereocenters. The van der Waals surface area contributed by atoms with Gasteiger partial charge < -0.3 is 21.9 Å². The van der Waals surface area contributed by atoms with E-state index < -0.39 is 23.8 Å². The average molecular weight is 510 g/mol. The quantitative estimate of drug-likeness (QED) is 0.345. The van der Waals surface area contributed by atoms with Crippen molar-refractivity contribution in [1.82, 2.24) is 9.69 Å². The number of primary amides is 1. The Kier molecular flexibility index (Phi) is 8.31. The van der Waals surface area contributed by atoms with Crippen molar-refractivity contribution in [1.29, 1.82) is 0 Å². The number of carbonyl (C=O) groups excluding carboxylic acids is 3. The Hall–Kier alpha value is -3.92. The number of amides is 3.